The highest BCUT2D eigenvalue weighted by molar-refractivity contribution is 7.98. The van der Waals surface area contributed by atoms with Crippen LogP contribution in [0.1, 0.15) is 18.4 Å². The molecule has 8 heteroatoms. The number of rotatable bonds is 7. The van der Waals surface area contributed by atoms with E-state index in [0.717, 1.165) is 28.8 Å². The number of carbonyl (C=O) groups is 1. The summed E-state index contributed by atoms with van der Waals surface area (Å²) in [6.45, 7) is 0.565. The summed E-state index contributed by atoms with van der Waals surface area (Å²) in [5, 5.41) is 2.89. The van der Waals surface area contributed by atoms with Crippen molar-refractivity contribution in [1.29, 1.82) is 0 Å². The molecule has 4 rings (SSSR count). The first-order chi connectivity index (χ1) is 15.9. The van der Waals surface area contributed by atoms with E-state index >= 15 is 0 Å². The fourth-order valence-corrected chi connectivity index (χ4v) is 6.05. The van der Waals surface area contributed by atoms with Gasteiger partial charge in [-0.15, -0.1) is 11.8 Å². The number of carbonyl (C=O) groups excluding carboxylic acids is 1. The summed E-state index contributed by atoms with van der Waals surface area (Å²) in [5.74, 6) is -0.833. The zero-order valence-corrected chi connectivity index (χ0v) is 19.8. The van der Waals surface area contributed by atoms with Gasteiger partial charge in [0.15, 0.2) is 0 Å². The summed E-state index contributed by atoms with van der Waals surface area (Å²) in [4.78, 5) is 14.1. The molecule has 1 heterocycles. The summed E-state index contributed by atoms with van der Waals surface area (Å²) in [6, 6.07) is 20.1. The Labute approximate surface area is 198 Å². The van der Waals surface area contributed by atoms with Crippen LogP contribution >= 0.6 is 11.8 Å². The maximum atomic E-state index is 13.2. The second-order valence-electron chi connectivity index (χ2n) is 7.87. The molecule has 3 aromatic carbocycles. The van der Waals surface area contributed by atoms with Crippen molar-refractivity contribution in [3.63, 3.8) is 0 Å². The first-order valence-corrected chi connectivity index (χ1v) is 13.3. The topological polar surface area (TPSA) is 66.5 Å². The van der Waals surface area contributed by atoms with Gasteiger partial charge in [0.2, 0.25) is 15.9 Å². The normalized spacial score (nSPS) is 16.6. The van der Waals surface area contributed by atoms with Gasteiger partial charge < -0.3 is 5.32 Å². The van der Waals surface area contributed by atoms with E-state index in [0.29, 0.717) is 19.4 Å². The predicted octanol–water partition coefficient (Wildman–Crippen LogP) is 4.68. The fraction of sp³-hybridized carbons (Fsp3) is 0.240. The Balaban J connectivity index is 1.44. The van der Waals surface area contributed by atoms with Crippen LogP contribution in [0.3, 0.4) is 0 Å². The van der Waals surface area contributed by atoms with E-state index in [-0.39, 0.29) is 17.3 Å². The van der Waals surface area contributed by atoms with Crippen molar-refractivity contribution in [1.82, 2.24) is 9.62 Å². The second kappa shape index (κ2) is 10.1. The molecule has 0 aromatic heterocycles. The van der Waals surface area contributed by atoms with Gasteiger partial charge in [-0.25, -0.2) is 12.8 Å². The highest BCUT2D eigenvalue weighted by atomic mass is 32.2. The van der Waals surface area contributed by atoms with Gasteiger partial charge in [0.05, 0.1) is 4.90 Å². The molecular formula is C25H25FN2O3S2. The van der Waals surface area contributed by atoms with E-state index in [1.807, 2.05) is 30.5 Å². The number of amides is 1. The van der Waals surface area contributed by atoms with Gasteiger partial charge >= 0.3 is 0 Å². The third kappa shape index (κ3) is 5.29. The zero-order chi connectivity index (χ0) is 23.4. The van der Waals surface area contributed by atoms with Gasteiger partial charge in [0.25, 0.3) is 0 Å². The Morgan fingerprint density at radius 3 is 2.48 bits per heavy atom. The molecule has 0 aliphatic carbocycles. The number of hydrogen-bond donors (Lipinski definition) is 1. The van der Waals surface area contributed by atoms with Gasteiger partial charge in [-0.1, -0.05) is 30.3 Å². The number of sulfonamides is 1. The van der Waals surface area contributed by atoms with Gasteiger partial charge in [0.1, 0.15) is 11.9 Å². The minimum absolute atomic E-state index is 0.0104. The predicted molar refractivity (Wildman–Crippen MR) is 129 cm³/mol. The SMILES string of the molecule is CSc1ccc(-c2cccc(CNC(=O)[C@@H]3CCCN3S(=O)(=O)c3ccc(F)cc3)c2)cc1. The largest absolute Gasteiger partial charge is 0.351 e. The van der Waals surface area contributed by atoms with E-state index in [2.05, 4.69) is 29.6 Å². The lowest BCUT2D eigenvalue weighted by atomic mass is 10.0. The quantitative estimate of drug-likeness (QED) is 0.495. The van der Waals surface area contributed by atoms with Crippen LogP contribution in [0.25, 0.3) is 11.1 Å². The van der Waals surface area contributed by atoms with Crippen LogP contribution in [0.4, 0.5) is 4.39 Å². The molecule has 3 aromatic rings. The van der Waals surface area contributed by atoms with E-state index < -0.39 is 21.9 Å². The minimum atomic E-state index is -3.88. The van der Waals surface area contributed by atoms with Crippen molar-refractivity contribution < 1.29 is 17.6 Å². The third-order valence-corrected chi connectivity index (χ3v) is 8.41. The molecule has 1 aliphatic rings. The Kier molecular flexibility index (Phi) is 7.17. The maximum Gasteiger partial charge on any atom is 0.243 e. The van der Waals surface area contributed by atoms with Crippen molar-refractivity contribution in [2.75, 3.05) is 12.8 Å². The lowest BCUT2D eigenvalue weighted by Crippen LogP contribution is -2.45. The number of halogens is 1. The smallest absolute Gasteiger partial charge is 0.243 e. The molecule has 1 aliphatic heterocycles. The highest BCUT2D eigenvalue weighted by Gasteiger charge is 2.39. The van der Waals surface area contributed by atoms with E-state index in [9.17, 15) is 17.6 Å². The second-order valence-corrected chi connectivity index (χ2v) is 10.6. The van der Waals surface area contributed by atoms with Crippen LogP contribution < -0.4 is 5.32 Å². The van der Waals surface area contributed by atoms with Gasteiger partial charge in [-0.05, 0) is 78.3 Å². The number of hydrogen-bond acceptors (Lipinski definition) is 4. The highest BCUT2D eigenvalue weighted by Crippen LogP contribution is 2.27. The van der Waals surface area contributed by atoms with Crippen LogP contribution in [0.5, 0.6) is 0 Å². The molecular weight excluding hydrogens is 459 g/mol. The third-order valence-electron chi connectivity index (χ3n) is 5.74. The molecule has 0 unspecified atom stereocenters. The summed E-state index contributed by atoms with van der Waals surface area (Å²) in [6.07, 6.45) is 3.09. The van der Waals surface area contributed by atoms with Gasteiger partial charge in [0, 0.05) is 18.0 Å². The first kappa shape index (κ1) is 23.5. The number of thioether (sulfide) groups is 1. The molecule has 1 atom stereocenters. The molecule has 0 saturated carbocycles. The molecule has 33 heavy (non-hydrogen) atoms. The average Bonchev–Trinajstić information content (AvgIpc) is 3.34. The Hall–Kier alpha value is -2.68. The Morgan fingerprint density at radius 2 is 1.79 bits per heavy atom. The Bertz CT molecular complexity index is 1230. The van der Waals surface area contributed by atoms with Gasteiger partial charge in [-0.3, -0.25) is 4.79 Å². The monoisotopic (exact) mass is 484 g/mol. The maximum absolute atomic E-state index is 13.2. The van der Waals surface area contributed by atoms with E-state index in [4.69, 9.17) is 0 Å². The van der Waals surface area contributed by atoms with Crippen molar-refractivity contribution >= 4 is 27.7 Å². The molecule has 5 nitrogen and oxygen atoms in total. The van der Waals surface area contributed by atoms with Crippen molar-refractivity contribution in [3.05, 3.63) is 84.2 Å². The summed E-state index contributed by atoms with van der Waals surface area (Å²) >= 11 is 1.69. The molecule has 0 spiro atoms. The summed E-state index contributed by atoms with van der Waals surface area (Å²) in [5.41, 5.74) is 3.07. The number of benzene rings is 3. The van der Waals surface area contributed by atoms with Gasteiger partial charge in [-0.2, -0.15) is 4.31 Å². The standard InChI is InChI=1S/C25H25FN2O3S2/c1-32-22-11-7-19(8-12-22)20-5-2-4-18(16-20)17-27-25(29)24-6-3-15-28(24)33(30,31)23-13-9-21(26)10-14-23/h2,4-5,7-14,16,24H,3,6,15,17H2,1H3,(H,27,29)/t24-/m0/s1. The lowest BCUT2D eigenvalue weighted by molar-refractivity contribution is -0.124. The molecule has 1 fully saturated rings. The van der Waals surface area contributed by atoms with Crippen molar-refractivity contribution in [2.45, 2.75) is 35.2 Å². The van der Waals surface area contributed by atoms with Crippen molar-refractivity contribution in [2.24, 2.45) is 0 Å². The minimum Gasteiger partial charge on any atom is -0.351 e. The average molecular weight is 485 g/mol. The molecule has 1 N–H and O–H groups in total. The molecule has 0 bridgehead atoms. The van der Waals surface area contributed by atoms with Crippen LogP contribution in [0.2, 0.25) is 0 Å². The summed E-state index contributed by atoms with van der Waals surface area (Å²) < 4.78 is 40.4. The van der Waals surface area contributed by atoms with E-state index in [1.165, 1.54) is 21.3 Å². The summed E-state index contributed by atoms with van der Waals surface area (Å²) in [7, 11) is -3.88. The molecule has 172 valence electrons. The fourth-order valence-electron chi connectivity index (χ4n) is 3.98. The molecule has 1 saturated heterocycles. The van der Waals surface area contributed by atoms with Crippen molar-refractivity contribution in [3.8, 4) is 11.1 Å². The molecule has 1 amide bonds. The van der Waals surface area contributed by atoms with Crippen LogP contribution in [0.15, 0.2) is 82.6 Å². The number of nitrogens with one attached hydrogen (secondary N) is 1. The molecule has 0 radical (unpaired) electrons. The Morgan fingerprint density at radius 1 is 1.06 bits per heavy atom. The van der Waals surface area contributed by atoms with Crippen LogP contribution in [0, 0.1) is 5.82 Å². The first-order valence-electron chi connectivity index (χ1n) is 10.7. The van der Waals surface area contributed by atoms with Crippen LogP contribution in [-0.4, -0.2) is 37.5 Å². The van der Waals surface area contributed by atoms with Crippen LogP contribution in [-0.2, 0) is 21.4 Å². The zero-order valence-electron chi connectivity index (χ0n) is 18.2. The lowest BCUT2D eigenvalue weighted by Gasteiger charge is -2.23. The van der Waals surface area contributed by atoms with E-state index in [1.54, 1.807) is 11.8 Å². The number of nitrogens with zero attached hydrogens (tertiary/aromatic N) is 1.